The molecule has 2 aromatic carbocycles. The zero-order valence-corrected chi connectivity index (χ0v) is 23.9. The van der Waals surface area contributed by atoms with Crippen molar-refractivity contribution in [2.45, 2.75) is 49.7 Å². The van der Waals surface area contributed by atoms with Gasteiger partial charge in [0, 0.05) is 17.6 Å². The molecule has 2 unspecified atom stereocenters. The van der Waals surface area contributed by atoms with E-state index in [1.165, 1.54) is 43.2 Å². The highest BCUT2D eigenvalue weighted by atomic mass is 16.6. The lowest BCUT2D eigenvalue weighted by molar-refractivity contribution is -0.142. The van der Waals surface area contributed by atoms with E-state index in [0.717, 1.165) is 24.0 Å². The van der Waals surface area contributed by atoms with E-state index in [9.17, 15) is 19.8 Å². The molecule has 224 valence electrons. The van der Waals surface area contributed by atoms with Gasteiger partial charge in [0.15, 0.2) is 0 Å². The number of carbonyl (C=O) groups excluding carboxylic acids is 2. The Balaban J connectivity index is 1.31. The summed E-state index contributed by atoms with van der Waals surface area (Å²) >= 11 is 0. The Kier molecular flexibility index (Phi) is 9.34. The van der Waals surface area contributed by atoms with Crippen LogP contribution in [0.1, 0.15) is 43.2 Å². The third kappa shape index (κ3) is 6.40. The lowest BCUT2D eigenvalue weighted by Crippen LogP contribution is -2.56. The van der Waals surface area contributed by atoms with Gasteiger partial charge in [0.2, 0.25) is 0 Å². The van der Waals surface area contributed by atoms with E-state index in [2.05, 4.69) is 37.4 Å². The summed E-state index contributed by atoms with van der Waals surface area (Å²) in [6.07, 6.45) is 6.53. The Morgan fingerprint density at radius 1 is 0.690 bits per heavy atom. The van der Waals surface area contributed by atoms with Gasteiger partial charge in [-0.25, -0.2) is 9.59 Å². The first-order valence-electron chi connectivity index (χ1n) is 14.7. The summed E-state index contributed by atoms with van der Waals surface area (Å²) in [7, 11) is 0. The summed E-state index contributed by atoms with van der Waals surface area (Å²) < 4.78 is 21.4. The van der Waals surface area contributed by atoms with Crippen molar-refractivity contribution in [3.05, 3.63) is 85.0 Å². The van der Waals surface area contributed by atoms with Crippen LogP contribution in [0, 0.1) is 23.7 Å². The number of rotatable bonds is 14. The summed E-state index contributed by atoms with van der Waals surface area (Å²) in [5.41, 5.74) is 2.44. The van der Waals surface area contributed by atoms with Gasteiger partial charge >= 0.3 is 11.9 Å². The van der Waals surface area contributed by atoms with E-state index in [4.69, 9.17) is 18.9 Å². The molecule has 6 rings (SSSR count). The fraction of sp³-hybridized carbons (Fsp3) is 0.471. The van der Waals surface area contributed by atoms with Crippen molar-refractivity contribution in [2.24, 2.45) is 23.7 Å². The van der Waals surface area contributed by atoms with Gasteiger partial charge in [-0.1, -0.05) is 37.4 Å². The van der Waals surface area contributed by atoms with Crippen LogP contribution in [0.5, 0.6) is 11.5 Å². The van der Waals surface area contributed by atoms with E-state index in [1.807, 2.05) is 24.3 Å². The first-order valence-corrected chi connectivity index (χ1v) is 14.7. The lowest BCUT2D eigenvalue weighted by atomic mass is 9.42. The fourth-order valence-corrected chi connectivity index (χ4v) is 7.65. The molecule has 2 atom stereocenters. The van der Waals surface area contributed by atoms with Gasteiger partial charge < -0.3 is 29.2 Å². The smallest absolute Gasteiger partial charge is 0.330 e. The van der Waals surface area contributed by atoms with Gasteiger partial charge in [0.1, 0.15) is 50.1 Å². The second-order valence-corrected chi connectivity index (χ2v) is 11.8. The van der Waals surface area contributed by atoms with Crippen molar-refractivity contribution in [2.75, 3.05) is 26.4 Å². The summed E-state index contributed by atoms with van der Waals surface area (Å²) in [5, 5.41) is 20.2. The maximum Gasteiger partial charge on any atom is 0.330 e. The second-order valence-electron chi connectivity index (χ2n) is 11.8. The monoisotopic (exact) mass is 576 g/mol. The number of aliphatic hydroxyl groups is 2. The van der Waals surface area contributed by atoms with Crippen LogP contribution in [0.2, 0.25) is 0 Å². The molecule has 0 aliphatic heterocycles. The largest absolute Gasteiger partial charge is 0.491 e. The van der Waals surface area contributed by atoms with E-state index in [1.54, 1.807) is 0 Å². The zero-order chi connectivity index (χ0) is 29.7. The quantitative estimate of drug-likeness (QED) is 0.252. The molecule has 4 aliphatic carbocycles. The normalized spacial score (nSPS) is 27.0. The minimum atomic E-state index is -0.937. The number of aliphatic hydroxyl groups excluding tert-OH is 2. The molecule has 0 saturated heterocycles. The molecule has 8 nitrogen and oxygen atoms in total. The molecule has 8 heteroatoms. The van der Waals surface area contributed by atoms with E-state index in [-0.39, 0.29) is 31.8 Å². The summed E-state index contributed by atoms with van der Waals surface area (Å²) in [6.45, 7) is 6.41. The van der Waals surface area contributed by atoms with Crippen molar-refractivity contribution >= 4 is 11.9 Å². The third-order valence-corrected chi connectivity index (χ3v) is 9.14. The first kappa shape index (κ1) is 29.9. The Labute approximate surface area is 246 Å². The molecule has 4 aliphatic rings. The predicted molar refractivity (Wildman–Crippen MR) is 156 cm³/mol. The van der Waals surface area contributed by atoms with Crippen LogP contribution in [-0.2, 0) is 24.5 Å². The van der Waals surface area contributed by atoms with Gasteiger partial charge in [0.25, 0.3) is 0 Å². The SMILES string of the molecule is C=CC(=O)OCC(O)COc1ccc(C2(c3ccc(OCC(O)COC(=O)C=C)cc3)C3CC4CC(C3)CC2C4)cc1. The predicted octanol–water partition coefficient (Wildman–Crippen LogP) is 4.37. The first-order chi connectivity index (χ1) is 20.3. The van der Waals surface area contributed by atoms with Crippen LogP contribution >= 0.6 is 0 Å². The van der Waals surface area contributed by atoms with E-state index < -0.39 is 24.1 Å². The molecule has 4 saturated carbocycles. The van der Waals surface area contributed by atoms with Crippen LogP contribution in [0.15, 0.2) is 73.8 Å². The maximum absolute atomic E-state index is 11.2. The molecule has 0 radical (unpaired) electrons. The lowest BCUT2D eigenvalue weighted by Gasteiger charge is -2.62. The summed E-state index contributed by atoms with van der Waals surface area (Å²) in [4.78, 5) is 22.5. The van der Waals surface area contributed by atoms with Crippen LogP contribution in [0.4, 0.5) is 0 Å². The Morgan fingerprint density at radius 3 is 1.43 bits per heavy atom. The van der Waals surface area contributed by atoms with Crippen molar-refractivity contribution in [1.82, 2.24) is 0 Å². The molecule has 42 heavy (non-hydrogen) atoms. The topological polar surface area (TPSA) is 112 Å². The number of benzene rings is 2. The second kappa shape index (κ2) is 13.1. The Bertz CT molecular complexity index is 1140. The molecule has 0 heterocycles. The molecule has 0 spiro atoms. The highest BCUT2D eigenvalue weighted by Crippen LogP contribution is 2.65. The molecule has 0 amide bonds. The van der Waals surface area contributed by atoms with Crippen LogP contribution in [-0.4, -0.2) is 60.8 Å². The summed E-state index contributed by atoms with van der Waals surface area (Å²) in [5.74, 6) is 2.84. The number of carbonyl (C=O) groups is 2. The van der Waals surface area contributed by atoms with Gasteiger partial charge in [-0.2, -0.15) is 0 Å². The standard InChI is InChI=1S/C34H40O8/c1-3-32(37)41-20-28(35)18-39-30-9-5-24(6-10-30)34(26-14-22-13-23(16-26)17-27(34)15-22)25-7-11-31(12-8-25)40-19-29(36)21-42-33(38)4-2/h3-12,22-23,26-29,35-36H,1-2,13-21H2. The fourth-order valence-electron chi connectivity index (χ4n) is 7.65. The average molecular weight is 577 g/mol. The van der Waals surface area contributed by atoms with Crippen molar-refractivity contribution in [3.63, 3.8) is 0 Å². The van der Waals surface area contributed by atoms with Crippen LogP contribution < -0.4 is 9.47 Å². The van der Waals surface area contributed by atoms with Gasteiger partial charge in [-0.15, -0.1) is 0 Å². The molecular weight excluding hydrogens is 536 g/mol. The van der Waals surface area contributed by atoms with Crippen molar-refractivity contribution in [1.29, 1.82) is 0 Å². The Morgan fingerprint density at radius 2 is 1.07 bits per heavy atom. The third-order valence-electron chi connectivity index (χ3n) is 9.14. The van der Waals surface area contributed by atoms with E-state index in [0.29, 0.717) is 23.3 Å². The number of hydrogen-bond acceptors (Lipinski definition) is 8. The number of hydrogen-bond donors (Lipinski definition) is 2. The van der Waals surface area contributed by atoms with Gasteiger partial charge in [-0.05, 0) is 91.2 Å². The minimum absolute atomic E-state index is 0.0103. The number of esters is 2. The molecule has 4 fully saturated rings. The van der Waals surface area contributed by atoms with Gasteiger partial charge in [-0.3, -0.25) is 0 Å². The molecule has 0 aromatic heterocycles. The zero-order valence-electron chi connectivity index (χ0n) is 23.9. The highest BCUT2D eigenvalue weighted by molar-refractivity contribution is 5.81. The minimum Gasteiger partial charge on any atom is -0.491 e. The molecular formula is C34H40O8. The van der Waals surface area contributed by atoms with Crippen molar-refractivity contribution < 1.29 is 38.7 Å². The summed E-state index contributed by atoms with van der Waals surface area (Å²) in [6, 6.07) is 16.5. The Hall–Kier alpha value is -3.62. The average Bonchev–Trinajstić information content (AvgIpc) is 3.01. The van der Waals surface area contributed by atoms with E-state index >= 15 is 0 Å². The maximum atomic E-state index is 11.2. The van der Waals surface area contributed by atoms with Crippen LogP contribution in [0.25, 0.3) is 0 Å². The molecule has 2 aromatic rings. The number of ether oxygens (including phenoxy) is 4. The molecule has 2 N–H and O–H groups in total. The van der Waals surface area contributed by atoms with Crippen molar-refractivity contribution in [3.8, 4) is 11.5 Å². The highest BCUT2D eigenvalue weighted by Gasteiger charge is 2.58. The van der Waals surface area contributed by atoms with Crippen LogP contribution in [0.3, 0.4) is 0 Å². The van der Waals surface area contributed by atoms with Gasteiger partial charge in [0.05, 0.1) is 0 Å². The molecule has 4 bridgehead atoms.